The van der Waals surface area contributed by atoms with Gasteiger partial charge in [-0.1, -0.05) is 12.1 Å². The van der Waals surface area contributed by atoms with Crippen LogP contribution < -0.4 is 16.0 Å². The van der Waals surface area contributed by atoms with E-state index >= 15 is 0 Å². The van der Waals surface area contributed by atoms with Gasteiger partial charge in [0.25, 0.3) is 5.91 Å². The van der Waals surface area contributed by atoms with Gasteiger partial charge in [0, 0.05) is 25.7 Å². The van der Waals surface area contributed by atoms with E-state index in [9.17, 15) is 4.79 Å². The van der Waals surface area contributed by atoms with Crippen LogP contribution in [0.3, 0.4) is 0 Å². The van der Waals surface area contributed by atoms with Crippen molar-refractivity contribution in [3.8, 4) is 0 Å². The summed E-state index contributed by atoms with van der Waals surface area (Å²) >= 11 is 0. The third-order valence-electron chi connectivity index (χ3n) is 4.67. The number of hydrogen-bond acceptors (Lipinski definition) is 3. The number of benzene rings is 1. The molecular weight excluding hydrogens is 431 g/mol. The number of amides is 1. The van der Waals surface area contributed by atoms with Crippen LogP contribution in [0.2, 0.25) is 0 Å². The third-order valence-corrected chi connectivity index (χ3v) is 4.67. The van der Waals surface area contributed by atoms with Crippen LogP contribution in [0.4, 0.5) is 0 Å². The molecule has 7 heteroatoms. The number of carbonyl (C=O) groups excluding carboxylic acids is 1. The van der Waals surface area contributed by atoms with Gasteiger partial charge < -0.3 is 20.7 Å². The third kappa shape index (κ3) is 5.07. The molecule has 2 saturated heterocycles. The van der Waals surface area contributed by atoms with Gasteiger partial charge in [0.05, 0.1) is 18.2 Å². The molecule has 0 aliphatic carbocycles. The molecule has 3 unspecified atom stereocenters. The van der Waals surface area contributed by atoms with Crippen molar-refractivity contribution in [1.29, 1.82) is 0 Å². The maximum Gasteiger partial charge on any atom is 0.251 e. The molecule has 0 radical (unpaired) electrons. The maximum atomic E-state index is 11.8. The van der Waals surface area contributed by atoms with Gasteiger partial charge >= 0.3 is 0 Å². The molecule has 138 valence electrons. The first kappa shape index (κ1) is 20.0. The van der Waals surface area contributed by atoms with Crippen molar-refractivity contribution in [1.82, 2.24) is 16.0 Å². The molecule has 2 bridgehead atoms. The molecule has 1 aromatic carbocycles. The topological polar surface area (TPSA) is 74.8 Å². The Labute approximate surface area is 166 Å². The first-order valence-electron chi connectivity index (χ1n) is 8.69. The Morgan fingerprint density at radius 1 is 1.24 bits per heavy atom. The summed E-state index contributed by atoms with van der Waals surface area (Å²) in [5.41, 5.74) is 1.79. The van der Waals surface area contributed by atoms with E-state index in [0.717, 1.165) is 24.4 Å². The van der Waals surface area contributed by atoms with Crippen LogP contribution in [0, 0.1) is 0 Å². The van der Waals surface area contributed by atoms with Gasteiger partial charge in [0.2, 0.25) is 0 Å². The summed E-state index contributed by atoms with van der Waals surface area (Å²) in [7, 11) is 1.78. The zero-order chi connectivity index (χ0) is 16.9. The van der Waals surface area contributed by atoms with E-state index < -0.39 is 0 Å². The van der Waals surface area contributed by atoms with Crippen LogP contribution in [0.15, 0.2) is 29.3 Å². The standard InChI is InChI=1S/C18H26N4O2.HI/c1-3-20-17(23)13-6-4-12(5-7-13)11-21-18(19-2)22-15-10-14-8-9-16(15)24-14;/h4-7,14-16H,3,8-11H2,1-2H3,(H,20,23)(H2,19,21,22);1H. The molecule has 0 saturated carbocycles. The second-order valence-electron chi connectivity index (χ2n) is 6.34. The van der Waals surface area contributed by atoms with E-state index in [1.54, 1.807) is 7.05 Å². The summed E-state index contributed by atoms with van der Waals surface area (Å²) < 4.78 is 5.87. The average molecular weight is 458 g/mol. The lowest BCUT2D eigenvalue weighted by atomic mass is 9.96. The molecule has 6 nitrogen and oxygen atoms in total. The van der Waals surface area contributed by atoms with E-state index in [2.05, 4.69) is 20.9 Å². The predicted octanol–water partition coefficient (Wildman–Crippen LogP) is 2.04. The van der Waals surface area contributed by atoms with Crippen LogP contribution in [0.25, 0.3) is 0 Å². The number of ether oxygens (including phenoxy) is 1. The molecule has 25 heavy (non-hydrogen) atoms. The number of halogens is 1. The van der Waals surface area contributed by atoms with Crippen molar-refractivity contribution in [3.63, 3.8) is 0 Å². The van der Waals surface area contributed by atoms with E-state index in [-0.39, 0.29) is 29.9 Å². The molecule has 0 aromatic heterocycles. The van der Waals surface area contributed by atoms with E-state index in [1.807, 2.05) is 31.2 Å². The highest BCUT2D eigenvalue weighted by atomic mass is 127. The zero-order valence-electron chi connectivity index (χ0n) is 14.7. The van der Waals surface area contributed by atoms with Crippen LogP contribution in [-0.2, 0) is 11.3 Å². The van der Waals surface area contributed by atoms with Crippen LogP contribution in [0.1, 0.15) is 42.1 Å². The highest BCUT2D eigenvalue weighted by molar-refractivity contribution is 14.0. The van der Waals surface area contributed by atoms with Gasteiger partial charge in [-0.2, -0.15) is 0 Å². The minimum absolute atomic E-state index is 0. The minimum Gasteiger partial charge on any atom is -0.373 e. The van der Waals surface area contributed by atoms with Crippen molar-refractivity contribution >= 4 is 35.8 Å². The normalized spacial score (nSPS) is 24.6. The van der Waals surface area contributed by atoms with Gasteiger partial charge in [0.15, 0.2) is 5.96 Å². The number of guanidine groups is 1. The Morgan fingerprint density at radius 3 is 2.56 bits per heavy atom. The summed E-state index contributed by atoms with van der Waals surface area (Å²) in [6, 6.07) is 7.98. The van der Waals surface area contributed by atoms with E-state index in [1.165, 1.54) is 6.42 Å². The molecule has 1 amide bonds. The minimum atomic E-state index is -0.0363. The lowest BCUT2D eigenvalue weighted by Crippen LogP contribution is -2.47. The second-order valence-corrected chi connectivity index (χ2v) is 6.34. The summed E-state index contributed by atoms with van der Waals surface area (Å²) in [6.07, 6.45) is 4.14. The Bertz CT molecular complexity index is 606. The van der Waals surface area contributed by atoms with Crippen LogP contribution in [-0.4, -0.2) is 43.7 Å². The predicted molar refractivity (Wildman–Crippen MR) is 109 cm³/mol. The highest BCUT2D eigenvalue weighted by Gasteiger charge is 2.41. The van der Waals surface area contributed by atoms with Gasteiger partial charge in [-0.3, -0.25) is 9.79 Å². The molecule has 2 aliphatic heterocycles. The summed E-state index contributed by atoms with van der Waals surface area (Å²) in [5.74, 6) is 0.759. The number of nitrogens with one attached hydrogen (secondary N) is 3. The van der Waals surface area contributed by atoms with Gasteiger partial charge in [-0.15, -0.1) is 24.0 Å². The summed E-state index contributed by atoms with van der Waals surface area (Å²) in [6.45, 7) is 3.21. The second kappa shape index (κ2) is 9.38. The number of nitrogens with zero attached hydrogens (tertiary/aromatic N) is 1. The fourth-order valence-electron chi connectivity index (χ4n) is 3.38. The first-order chi connectivity index (χ1) is 11.7. The van der Waals surface area contributed by atoms with E-state index in [4.69, 9.17) is 4.74 Å². The quantitative estimate of drug-likeness (QED) is 0.359. The molecule has 1 aromatic rings. The van der Waals surface area contributed by atoms with Crippen LogP contribution >= 0.6 is 24.0 Å². The first-order valence-corrected chi connectivity index (χ1v) is 8.69. The van der Waals surface area contributed by atoms with Crippen molar-refractivity contribution in [2.24, 2.45) is 4.99 Å². The molecule has 2 heterocycles. The monoisotopic (exact) mass is 458 g/mol. The van der Waals surface area contributed by atoms with Crippen molar-refractivity contribution in [3.05, 3.63) is 35.4 Å². The molecule has 2 fully saturated rings. The Kier molecular flexibility index (Phi) is 7.49. The van der Waals surface area contributed by atoms with Gasteiger partial charge in [-0.05, 0) is 43.9 Å². The smallest absolute Gasteiger partial charge is 0.251 e. The number of rotatable bonds is 5. The zero-order valence-corrected chi connectivity index (χ0v) is 17.1. The van der Waals surface area contributed by atoms with Crippen LogP contribution in [0.5, 0.6) is 0 Å². The lowest BCUT2D eigenvalue weighted by Gasteiger charge is -2.22. The summed E-state index contributed by atoms with van der Waals surface area (Å²) in [5, 5.41) is 9.59. The SMILES string of the molecule is CCNC(=O)c1ccc(CNC(=NC)NC2CC3CCC2O3)cc1.I. The molecule has 3 rings (SSSR count). The van der Waals surface area contributed by atoms with Crippen molar-refractivity contribution in [2.75, 3.05) is 13.6 Å². The van der Waals surface area contributed by atoms with Gasteiger partial charge in [0.1, 0.15) is 0 Å². The fraction of sp³-hybridized carbons (Fsp3) is 0.556. The summed E-state index contributed by atoms with van der Waals surface area (Å²) in [4.78, 5) is 16.1. The van der Waals surface area contributed by atoms with Gasteiger partial charge in [-0.25, -0.2) is 0 Å². The fourth-order valence-corrected chi connectivity index (χ4v) is 3.38. The number of fused-ring (bicyclic) bond motifs is 2. The lowest BCUT2D eigenvalue weighted by molar-refractivity contribution is 0.0955. The molecule has 0 spiro atoms. The average Bonchev–Trinajstić information content (AvgIpc) is 3.22. The highest BCUT2D eigenvalue weighted by Crippen LogP contribution is 2.34. The Morgan fingerprint density at radius 2 is 2.00 bits per heavy atom. The molecule has 2 aliphatic rings. The Hall–Kier alpha value is -1.35. The Balaban J connectivity index is 0.00000225. The number of aliphatic imine (C=N–C) groups is 1. The molecule has 3 N–H and O–H groups in total. The largest absolute Gasteiger partial charge is 0.373 e. The van der Waals surface area contributed by atoms with Crippen molar-refractivity contribution < 1.29 is 9.53 Å². The number of carbonyl (C=O) groups is 1. The van der Waals surface area contributed by atoms with E-state index in [0.29, 0.717) is 36.9 Å². The molecule has 3 atom stereocenters. The van der Waals surface area contributed by atoms with Crippen molar-refractivity contribution in [2.45, 2.75) is 51.0 Å². The molecular formula is C18H27IN4O2. The number of hydrogen-bond donors (Lipinski definition) is 3. The maximum absolute atomic E-state index is 11.8.